The number of piperazine rings is 1. The van der Waals surface area contributed by atoms with Crippen molar-refractivity contribution in [2.24, 2.45) is 0 Å². The molecule has 0 radical (unpaired) electrons. The smallest absolute Gasteiger partial charge is 0.129 e. The third kappa shape index (κ3) is 4.55. The van der Waals surface area contributed by atoms with Gasteiger partial charge in [-0.15, -0.1) is 0 Å². The predicted octanol–water partition coefficient (Wildman–Crippen LogP) is 3.52. The fraction of sp³-hybridized carbons (Fsp3) is 0.588. The normalized spacial score (nSPS) is 17.8. The Hall–Kier alpha value is -0.870. The summed E-state index contributed by atoms with van der Waals surface area (Å²) < 4.78 is 0. The number of alkyl halides is 1. The van der Waals surface area contributed by atoms with Crippen LogP contribution in [-0.4, -0.2) is 41.8 Å². The van der Waals surface area contributed by atoms with Crippen molar-refractivity contribution in [1.29, 1.82) is 0 Å². The highest BCUT2D eigenvalue weighted by atomic mass is 79.9. The highest BCUT2D eigenvalue weighted by Gasteiger charge is 2.22. The second kappa shape index (κ2) is 7.41. The van der Waals surface area contributed by atoms with E-state index in [1.54, 1.807) is 6.92 Å². The molecule has 116 valence electrons. The molecule has 0 amide bonds. The van der Waals surface area contributed by atoms with E-state index in [0.717, 1.165) is 32.6 Å². The zero-order valence-electron chi connectivity index (χ0n) is 13.2. The van der Waals surface area contributed by atoms with E-state index in [4.69, 9.17) is 0 Å². The molecule has 21 heavy (non-hydrogen) atoms. The average Bonchev–Trinajstić information content (AvgIpc) is 2.45. The van der Waals surface area contributed by atoms with E-state index in [1.165, 1.54) is 16.8 Å². The molecule has 3 nitrogen and oxygen atoms in total. The third-order valence-corrected chi connectivity index (χ3v) is 5.18. The molecule has 4 heteroatoms. The van der Waals surface area contributed by atoms with Crippen LogP contribution < -0.4 is 4.90 Å². The maximum absolute atomic E-state index is 11.1. The van der Waals surface area contributed by atoms with Gasteiger partial charge in [-0.3, -0.25) is 4.90 Å². The summed E-state index contributed by atoms with van der Waals surface area (Å²) in [5.41, 5.74) is 4.03. The molecule has 0 N–H and O–H groups in total. The molecule has 1 heterocycles. The number of rotatable bonds is 5. The van der Waals surface area contributed by atoms with E-state index in [9.17, 15) is 4.79 Å². The van der Waals surface area contributed by atoms with Crippen LogP contribution in [0.1, 0.15) is 30.9 Å². The fourth-order valence-corrected chi connectivity index (χ4v) is 3.55. The first-order valence-corrected chi connectivity index (χ1v) is 8.58. The van der Waals surface area contributed by atoms with Crippen molar-refractivity contribution in [3.05, 3.63) is 29.3 Å². The van der Waals surface area contributed by atoms with Gasteiger partial charge in [0.25, 0.3) is 0 Å². The molecule has 1 aliphatic rings. The molecule has 0 saturated carbocycles. The summed E-state index contributed by atoms with van der Waals surface area (Å²) in [4.78, 5) is 16.3. The number of ketones is 1. The zero-order chi connectivity index (χ0) is 15.4. The summed E-state index contributed by atoms with van der Waals surface area (Å²) in [6, 6.07) is 6.68. The summed E-state index contributed by atoms with van der Waals surface area (Å²) in [7, 11) is 0. The van der Waals surface area contributed by atoms with Crippen LogP contribution in [0.3, 0.4) is 0 Å². The summed E-state index contributed by atoms with van der Waals surface area (Å²) in [5, 5.41) is 0. The highest BCUT2D eigenvalue weighted by molar-refractivity contribution is 9.09. The number of Topliss-reactive ketones (excluding diaryl/α,β-unsaturated/α-hetero) is 1. The topological polar surface area (TPSA) is 23.6 Å². The highest BCUT2D eigenvalue weighted by Crippen LogP contribution is 2.24. The second-order valence-electron chi connectivity index (χ2n) is 5.99. The first kappa shape index (κ1) is 16.5. The average molecular weight is 353 g/mol. The second-order valence-corrected chi connectivity index (χ2v) is 7.05. The van der Waals surface area contributed by atoms with Crippen LogP contribution in [0, 0.1) is 13.8 Å². The third-order valence-electron chi connectivity index (χ3n) is 4.14. The minimum atomic E-state index is 0.272. The molecule has 1 aliphatic heterocycles. The van der Waals surface area contributed by atoms with Crippen LogP contribution in [0.25, 0.3) is 0 Å². The van der Waals surface area contributed by atoms with Gasteiger partial charge >= 0.3 is 0 Å². The number of hydrogen-bond donors (Lipinski definition) is 0. The van der Waals surface area contributed by atoms with Crippen LogP contribution in [0.2, 0.25) is 0 Å². The van der Waals surface area contributed by atoms with Gasteiger partial charge in [0.15, 0.2) is 0 Å². The van der Waals surface area contributed by atoms with Gasteiger partial charge < -0.3 is 9.69 Å². The maximum atomic E-state index is 11.1. The Balaban J connectivity index is 1.89. The molecule has 1 unspecified atom stereocenters. The van der Waals surface area contributed by atoms with Crippen molar-refractivity contribution in [3.8, 4) is 0 Å². The molecular weight excluding hydrogens is 328 g/mol. The van der Waals surface area contributed by atoms with E-state index in [2.05, 4.69) is 57.8 Å². The lowest BCUT2D eigenvalue weighted by Crippen LogP contribution is -2.49. The van der Waals surface area contributed by atoms with E-state index in [-0.39, 0.29) is 5.78 Å². The van der Waals surface area contributed by atoms with Crippen LogP contribution >= 0.6 is 15.9 Å². The van der Waals surface area contributed by atoms with E-state index >= 15 is 0 Å². The predicted molar refractivity (Wildman–Crippen MR) is 92.3 cm³/mol. The Kier molecular flexibility index (Phi) is 5.82. The minimum Gasteiger partial charge on any atom is -0.369 e. The number of carbonyl (C=O) groups is 1. The van der Waals surface area contributed by atoms with Crippen molar-refractivity contribution in [2.45, 2.75) is 38.6 Å². The van der Waals surface area contributed by atoms with Crippen molar-refractivity contribution in [2.75, 3.05) is 31.1 Å². The van der Waals surface area contributed by atoms with Gasteiger partial charge in [0, 0.05) is 38.3 Å². The Bertz CT molecular complexity index is 496. The molecular formula is C17H25BrN2O. The molecule has 1 aromatic carbocycles. The lowest BCUT2D eigenvalue weighted by molar-refractivity contribution is -0.117. The van der Waals surface area contributed by atoms with Gasteiger partial charge in [-0.05, 0) is 38.8 Å². The first-order valence-electron chi connectivity index (χ1n) is 7.67. The molecule has 0 aliphatic carbocycles. The van der Waals surface area contributed by atoms with Gasteiger partial charge in [0.2, 0.25) is 0 Å². The van der Waals surface area contributed by atoms with E-state index in [1.807, 2.05) is 0 Å². The SMILES string of the molecule is CC(=O)CCC(Br)N1CCN(c2ccc(C)cc2C)CC1. The molecule has 1 fully saturated rings. The lowest BCUT2D eigenvalue weighted by Gasteiger charge is -2.39. The maximum Gasteiger partial charge on any atom is 0.129 e. The summed E-state index contributed by atoms with van der Waals surface area (Å²) in [6.07, 6.45) is 1.56. The fourth-order valence-electron chi connectivity index (χ4n) is 2.91. The number of benzene rings is 1. The molecule has 0 spiro atoms. The van der Waals surface area contributed by atoms with Gasteiger partial charge in [-0.25, -0.2) is 0 Å². The Labute approximate surface area is 136 Å². The lowest BCUT2D eigenvalue weighted by atomic mass is 10.1. The monoisotopic (exact) mass is 352 g/mol. The molecule has 0 bridgehead atoms. The standard InChI is InChI=1S/C17H25BrN2O/c1-13-4-6-16(14(2)12-13)19-8-10-20(11-9-19)17(18)7-5-15(3)21/h4,6,12,17H,5,7-11H2,1-3H3. The Morgan fingerprint density at radius 3 is 2.48 bits per heavy atom. The van der Waals surface area contributed by atoms with Crippen LogP contribution in [0.15, 0.2) is 18.2 Å². The van der Waals surface area contributed by atoms with Gasteiger partial charge in [0.1, 0.15) is 5.78 Å². The first-order chi connectivity index (χ1) is 9.97. The minimum absolute atomic E-state index is 0.272. The number of carbonyl (C=O) groups excluding carboxylic acids is 1. The number of aryl methyl sites for hydroxylation is 2. The summed E-state index contributed by atoms with van der Waals surface area (Å²) in [5.74, 6) is 0.272. The summed E-state index contributed by atoms with van der Waals surface area (Å²) >= 11 is 3.72. The van der Waals surface area contributed by atoms with Crippen molar-refractivity contribution >= 4 is 27.4 Å². The quantitative estimate of drug-likeness (QED) is 0.598. The number of hydrogen-bond acceptors (Lipinski definition) is 3. The molecule has 1 saturated heterocycles. The van der Waals surface area contributed by atoms with Crippen molar-refractivity contribution in [3.63, 3.8) is 0 Å². The van der Waals surface area contributed by atoms with Crippen LogP contribution in [0.4, 0.5) is 5.69 Å². The van der Waals surface area contributed by atoms with Gasteiger partial charge in [-0.1, -0.05) is 33.6 Å². The zero-order valence-corrected chi connectivity index (χ0v) is 14.8. The number of nitrogens with zero attached hydrogens (tertiary/aromatic N) is 2. The Morgan fingerprint density at radius 2 is 1.90 bits per heavy atom. The molecule has 2 rings (SSSR count). The van der Waals surface area contributed by atoms with E-state index in [0.29, 0.717) is 11.4 Å². The molecule has 1 aromatic rings. The largest absolute Gasteiger partial charge is 0.369 e. The summed E-state index contributed by atoms with van der Waals surface area (Å²) in [6.45, 7) is 10.2. The van der Waals surface area contributed by atoms with Gasteiger partial charge in [-0.2, -0.15) is 0 Å². The van der Waals surface area contributed by atoms with E-state index < -0.39 is 0 Å². The molecule has 1 atom stereocenters. The molecule has 0 aromatic heterocycles. The number of halogens is 1. The van der Waals surface area contributed by atoms with Crippen molar-refractivity contribution < 1.29 is 4.79 Å². The van der Waals surface area contributed by atoms with Crippen molar-refractivity contribution in [1.82, 2.24) is 4.90 Å². The van der Waals surface area contributed by atoms with Crippen LogP contribution in [0.5, 0.6) is 0 Å². The number of anilines is 1. The van der Waals surface area contributed by atoms with Crippen LogP contribution in [-0.2, 0) is 4.79 Å². The Morgan fingerprint density at radius 1 is 1.24 bits per heavy atom. The van der Waals surface area contributed by atoms with Gasteiger partial charge in [0.05, 0.1) is 4.95 Å².